The molecule has 1 aliphatic rings. The lowest BCUT2D eigenvalue weighted by Crippen LogP contribution is -2.21. The quantitative estimate of drug-likeness (QED) is 0.669. The molecule has 1 unspecified atom stereocenters. The molecule has 1 atom stereocenters. The first-order valence-electron chi connectivity index (χ1n) is 9.27. The summed E-state index contributed by atoms with van der Waals surface area (Å²) in [5.41, 5.74) is 4.19. The van der Waals surface area contributed by atoms with Crippen LogP contribution in [0.4, 0.5) is 5.69 Å². The van der Waals surface area contributed by atoms with Crippen LogP contribution in [-0.2, 0) is 22.4 Å². The largest absolute Gasteiger partial charge is 0.466 e. The van der Waals surface area contributed by atoms with Crippen molar-refractivity contribution in [1.82, 2.24) is 0 Å². The number of benzene rings is 1. The van der Waals surface area contributed by atoms with Gasteiger partial charge in [-0.25, -0.2) is 0 Å². The molecule has 3 nitrogen and oxygen atoms in total. The van der Waals surface area contributed by atoms with E-state index >= 15 is 0 Å². The standard InChI is InChI=1S/C20H31NO2/c1-3-5-8-17(20(22)23-4-2)13-14-21-19-12-11-16-9-6-7-10-18(16)15-19/h11-12,15,17,21H,3-10,13-14H2,1-2H3. The third kappa shape index (κ3) is 5.56. The monoisotopic (exact) mass is 317 g/mol. The van der Waals surface area contributed by atoms with Gasteiger partial charge >= 0.3 is 5.97 Å². The minimum absolute atomic E-state index is 0.0278. The molecule has 0 bridgehead atoms. The van der Waals surface area contributed by atoms with Gasteiger partial charge in [-0.3, -0.25) is 4.79 Å². The maximum atomic E-state index is 12.0. The molecule has 0 saturated heterocycles. The zero-order valence-electron chi connectivity index (χ0n) is 14.7. The maximum absolute atomic E-state index is 12.0. The van der Waals surface area contributed by atoms with Gasteiger partial charge in [0.25, 0.3) is 0 Å². The van der Waals surface area contributed by atoms with Gasteiger partial charge in [0, 0.05) is 12.2 Å². The van der Waals surface area contributed by atoms with Crippen LogP contribution in [0.2, 0.25) is 0 Å². The highest BCUT2D eigenvalue weighted by atomic mass is 16.5. The SMILES string of the molecule is CCCCC(CCNc1ccc2c(c1)CCCC2)C(=O)OCC. The molecule has 23 heavy (non-hydrogen) atoms. The van der Waals surface area contributed by atoms with Crippen LogP contribution in [0, 0.1) is 5.92 Å². The Morgan fingerprint density at radius 3 is 2.70 bits per heavy atom. The smallest absolute Gasteiger partial charge is 0.308 e. The Hall–Kier alpha value is -1.51. The maximum Gasteiger partial charge on any atom is 0.308 e. The number of hydrogen-bond donors (Lipinski definition) is 1. The van der Waals surface area contributed by atoms with Crippen molar-refractivity contribution in [2.45, 2.75) is 65.2 Å². The lowest BCUT2D eigenvalue weighted by Gasteiger charge is -2.18. The number of nitrogens with one attached hydrogen (secondary N) is 1. The highest BCUT2D eigenvalue weighted by Gasteiger charge is 2.18. The summed E-state index contributed by atoms with van der Waals surface area (Å²) >= 11 is 0. The Labute approximate surface area is 140 Å². The molecule has 0 spiro atoms. The van der Waals surface area contributed by atoms with E-state index in [1.165, 1.54) is 42.5 Å². The van der Waals surface area contributed by atoms with Gasteiger partial charge in [-0.05, 0) is 68.7 Å². The predicted octanol–water partition coefficient (Wildman–Crippen LogP) is 4.74. The van der Waals surface area contributed by atoms with Crippen LogP contribution in [0.5, 0.6) is 0 Å². The molecule has 1 N–H and O–H groups in total. The summed E-state index contributed by atoms with van der Waals surface area (Å²) in [5.74, 6) is -0.00628. The van der Waals surface area contributed by atoms with Gasteiger partial charge in [-0.15, -0.1) is 0 Å². The van der Waals surface area contributed by atoms with E-state index in [1.807, 2.05) is 6.92 Å². The summed E-state index contributed by atoms with van der Waals surface area (Å²) in [7, 11) is 0. The summed E-state index contributed by atoms with van der Waals surface area (Å²) in [6, 6.07) is 6.73. The molecule has 0 fully saturated rings. The average Bonchev–Trinajstić information content (AvgIpc) is 2.58. The number of fused-ring (bicyclic) bond motifs is 1. The third-order valence-electron chi connectivity index (χ3n) is 4.70. The average molecular weight is 317 g/mol. The molecule has 0 saturated carbocycles. The van der Waals surface area contributed by atoms with Crippen molar-refractivity contribution in [3.8, 4) is 0 Å². The molecule has 1 aromatic carbocycles. The molecule has 1 aromatic rings. The van der Waals surface area contributed by atoms with E-state index in [9.17, 15) is 4.79 Å². The Morgan fingerprint density at radius 2 is 1.96 bits per heavy atom. The fourth-order valence-electron chi connectivity index (χ4n) is 3.32. The van der Waals surface area contributed by atoms with Gasteiger partial charge in [0.05, 0.1) is 12.5 Å². The number of anilines is 1. The molecular weight excluding hydrogens is 286 g/mol. The number of rotatable bonds is 9. The summed E-state index contributed by atoms with van der Waals surface area (Å²) in [6.45, 7) is 5.33. The summed E-state index contributed by atoms with van der Waals surface area (Å²) in [4.78, 5) is 12.0. The first kappa shape index (κ1) is 17.8. The highest BCUT2D eigenvalue weighted by molar-refractivity contribution is 5.72. The van der Waals surface area contributed by atoms with Crippen LogP contribution in [0.25, 0.3) is 0 Å². The Morgan fingerprint density at radius 1 is 1.17 bits per heavy atom. The van der Waals surface area contributed by atoms with Gasteiger partial charge in [0.15, 0.2) is 0 Å². The van der Waals surface area contributed by atoms with Gasteiger partial charge in [0.1, 0.15) is 0 Å². The van der Waals surface area contributed by atoms with E-state index in [0.717, 1.165) is 32.2 Å². The molecule has 0 heterocycles. The van der Waals surface area contributed by atoms with Crippen molar-refractivity contribution >= 4 is 11.7 Å². The number of hydrogen-bond acceptors (Lipinski definition) is 3. The number of esters is 1. The van der Waals surface area contributed by atoms with E-state index in [0.29, 0.717) is 6.61 Å². The van der Waals surface area contributed by atoms with Crippen LogP contribution in [0.1, 0.15) is 63.5 Å². The van der Waals surface area contributed by atoms with Crippen LogP contribution < -0.4 is 5.32 Å². The van der Waals surface area contributed by atoms with Gasteiger partial charge < -0.3 is 10.1 Å². The molecule has 1 aliphatic carbocycles. The van der Waals surface area contributed by atoms with Crippen molar-refractivity contribution < 1.29 is 9.53 Å². The molecule has 0 aromatic heterocycles. The van der Waals surface area contributed by atoms with E-state index in [-0.39, 0.29) is 11.9 Å². The summed E-state index contributed by atoms with van der Waals surface area (Å²) in [5, 5.41) is 3.49. The topological polar surface area (TPSA) is 38.3 Å². The molecule has 128 valence electrons. The molecule has 3 heteroatoms. The van der Waals surface area contributed by atoms with Gasteiger partial charge in [-0.2, -0.15) is 0 Å². The Bertz CT molecular complexity index is 498. The molecular formula is C20H31NO2. The number of aryl methyl sites for hydroxylation is 2. The normalized spacial score (nSPS) is 14.9. The predicted molar refractivity (Wildman–Crippen MR) is 95.8 cm³/mol. The van der Waals surface area contributed by atoms with E-state index in [1.54, 1.807) is 0 Å². The Kier molecular flexibility index (Phi) is 7.44. The summed E-state index contributed by atoms with van der Waals surface area (Å²) < 4.78 is 5.21. The zero-order chi connectivity index (χ0) is 16.5. The second kappa shape index (κ2) is 9.59. The fourth-order valence-corrected chi connectivity index (χ4v) is 3.32. The molecule has 0 amide bonds. The fraction of sp³-hybridized carbons (Fsp3) is 0.650. The van der Waals surface area contributed by atoms with Crippen LogP contribution in [-0.4, -0.2) is 19.1 Å². The molecule has 0 radical (unpaired) electrons. The van der Waals surface area contributed by atoms with Crippen LogP contribution >= 0.6 is 0 Å². The Balaban J connectivity index is 1.84. The minimum atomic E-state index is -0.0341. The van der Waals surface area contributed by atoms with Gasteiger partial charge in [0.2, 0.25) is 0 Å². The van der Waals surface area contributed by atoms with E-state index in [2.05, 4.69) is 30.4 Å². The minimum Gasteiger partial charge on any atom is -0.466 e. The second-order valence-corrected chi connectivity index (χ2v) is 6.50. The first-order valence-corrected chi connectivity index (χ1v) is 9.27. The number of carbonyl (C=O) groups excluding carboxylic acids is 1. The number of unbranched alkanes of at least 4 members (excludes halogenated alkanes) is 1. The third-order valence-corrected chi connectivity index (χ3v) is 4.70. The first-order chi connectivity index (χ1) is 11.2. The van der Waals surface area contributed by atoms with Crippen molar-refractivity contribution in [2.24, 2.45) is 5.92 Å². The summed E-state index contributed by atoms with van der Waals surface area (Å²) in [6.07, 6.45) is 9.02. The molecule has 0 aliphatic heterocycles. The lowest BCUT2D eigenvalue weighted by molar-refractivity contribution is -0.148. The van der Waals surface area contributed by atoms with Gasteiger partial charge in [-0.1, -0.05) is 25.8 Å². The van der Waals surface area contributed by atoms with Crippen LogP contribution in [0.15, 0.2) is 18.2 Å². The molecule has 2 rings (SSSR count). The number of ether oxygens (including phenoxy) is 1. The lowest BCUT2D eigenvalue weighted by atomic mass is 9.91. The van der Waals surface area contributed by atoms with E-state index < -0.39 is 0 Å². The van der Waals surface area contributed by atoms with Crippen molar-refractivity contribution in [3.63, 3.8) is 0 Å². The van der Waals surface area contributed by atoms with Crippen molar-refractivity contribution in [3.05, 3.63) is 29.3 Å². The van der Waals surface area contributed by atoms with E-state index in [4.69, 9.17) is 4.74 Å². The number of carbonyl (C=O) groups is 1. The zero-order valence-corrected chi connectivity index (χ0v) is 14.7. The van der Waals surface area contributed by atoms with Crippen LogP contribution in [0.3, 0.4) is 0 Å². The van der Waals surface area contributed by atoms with Crippen molar-refractivity contribution in [2.75, 3.05) is 18.5 Å². The van der Waals surface area contributed by atoms with Crippen molar-refractivity contribution in [1.29, 1.82) is 0 Å². The highest BCUT2D eigenvalue weighted by Crippen LogP contribution is 2.24. The second-order valence-electron chi connectivity index (χ2n) is 6.50.